The smallest absolute Gasteiger partial charge is 0.119 e. The minimum absolute atomic E-state index is 0.460. The highest BCUT2D eigenvalue weighted by Gasteiger charge is 2.10. The summed E-state index contributed by atoms with van der Waals surface area (Å²) in [6.45, 7) is 5.41. The van der Waals surface area contributed by atoms with E-state index in [0.29, 0.717) is 6.04 Å². The number of methoxy groups -OCH3 is 1. The maximum Gasteiger partial charge on any atom is 0.119 e. The molecule has 1 aromatic rings. The summed E-state index contributed by atoms with van der Waals surface area (Å²) in [4.78, 5) is 0. The highest BCUT2D eigenvalue weighted by molar-refractivity contribution is 5.30. The van der Waals surface area contributed by atoms with Crippen molar-refractivity contribution in [3.05, 3.63) is 29.8 Å². The molecule has 17 heavy (non-hydrogen) atoms. The summed E-state index contributed by atoms with van der Waals surface area (Å²) in [5.41, 5.74) is 1.34. The number of hydrogen-bond donors (Lipinski definition) is 1. The Morgan fingerprint density at radius 2 is 2.06 bits per heavy atom. The Morgan fingerprint density at radius 1 is 1.24 bits per heavy atom. The van der Waals surface area contributed by atoms with Gasteiger partial charge in [0.05, 0.1) is 7.11 Å². The first kappa shape index (κ1) is 14.0. The molecule has 2 heteroatoms. The van der Waals surface area contributed by atoms with Gasteiger partial charge in [-0.1, -0.05) is 45.2 Å². The first-order valence-corrected chi connectivity index (χ1v) is 6.69. The van der Waals surface area contributed by atoms with Gasteiger partial charge < -0.3 is 10.1 Å². The molecule has 0 saturated carbocycles. The van der Waals surface area contributed by atoms with E-state index in [1.165, 1.54) is 31.2 Å². The van der Waals surface area contributed by atoms with Gasteiger partial charge in [0.1, 0.15) is 5.75 Å². The quantitative estimate of drug-likeness (QED) is 0.689. The Bertz CT molecular complexity index is 312. The highest BCUT2D eigenvalue weighted by Crippen LogP contribution is 2.23. The van der Waals surface area contributed by atoms with Crippen LogP contribution in [0.3, 0.4) is 0 Å². The zero-order chi connectivity index (χ0) is 12.5. The second kappa shape index (κ2) is 8.13. The van der Waals surface area contributed by atoms with E-state index in [1.54, 1.807) is 7.11 Å². The maximum atomic E-state index is 5.28. The summed E-state index contributed by atoms with van der Waals surface area (Å²) in [5.74, 6) is 0.945. The third kappa shape index (κ3) is 4.78. The van der Waals surface area contributed by atoms with Gasteiger partial charge in [-0.25, -0.2) is 0 Å². The Labute approximate surface area is 105 Å². The third-order valence-corrected chi connectivity index (χ3v) is 3.04. The van der Waals surface area contributed by atoms with E-state index >= 15 is 0 Å². The molecule has 0 aromatic heterocycles. The molecule has 0 fully saturated rings. The lowest BCUT2D eigenvalue weighted by Crippen LogP contribution is -2.20. The molecule has 0 saturated heterocycles. The fraction of sp³-hybridized carbons (Fsp3) is 0.600. The Kier molecular flexibility index (Phi) is 6.71. The minimum Gasteiger partial charge on any atom is -0.497 e. The monoisotopic (exact) mass is 235 g/mol. The molecule has 1 rings (SSSR count). The number of ether oxygens (including phenoxy) is 1. The van der Waals surface area contributed by atoms with E-state index < -0.39 is 0 Å². The number of nitrogens with one attached hydrogen (secondary N) is 1. The second-order valence-corrected chi connectivity index (χ2v) is 4.38. The zero-order valence-electron chi connectivity index (χ0n) is 11.3. The van der Waals surface area contributed by atoms with Gasteiger partial charge in [-0.15, -0.1) is 0 Å². The predicted molar refractivity (Wildman–Crippen MR) is 73.6 cm³/mol. The van der Waals surface area contributed by atoms with Gasteiger partial charge in [0.2, 0.25) is 0 Å². The van der Waals surface area contributed by atoms with Crippen LogP contribution < -0.4 is 10.1 Å². The number of benzene rings is 1. The molecule has 1 unspecified atom stereocenters. The molecule has 0 heterocycles. The van der Waals surface area contributed by atoms with Crippen molar-refractivity contribution in [2.24, 2.45) is 0 Å². The summed E-state index contributed by atoms with van der Waals surface area (Å²) in [7, 11) is 1.72. The number of unbranched alkanes of at least 4 members (excludes halogenated alkanes) is 2. The van der Waals surface area contributed by atoms with Gasteiger partial charge in [-0.3, -0.25) is 0 Å². The van der Waals surface area contributed by atoms with Crippen LogP contribution in [-0.4, -0.2) is 13.7 Å². The van der Waals surface area contributed by atoms with Crippen LogP contribution in [0, 0.1) is 0 Å². The van der Waals surface area contributed by atoms with Crippen molar-refractivity contribution in [1.82, 2.24) is 5.32 Å². The molecule has 96 valence electrons. The molecule has 0 spiro atoms. The van der Waals surface area contributed by atoms with E-state index in [9.17, 15) is 0 Å². The first-order chi connectivity index (χ1) is 8.31. The fourth-order valence-electron chi connectivity index (χ4n) is 2.09. The maximum absolute atomic E-state index is 5.28. The van der Waals surface area contributed by atoms with Crippen LogP contribution in [0.15, 0.2) is 24.3 Å². The summed E-state index contributed by atoms with van der Waals surface area (Å²) in [5, 5.41) is 3.55. The van der Waals surface area contributed by atoms with Gasteiger partial charge in [-0.2, -0.15) is 0 Å². The summed E-state index contributed by atoms with van der Waals surface area (Å²) in [6.07, 6.45) is 5.07. The standard InChI is InChI=1S/C15H25NO/c1-4-6-7-11-15(16-5-2)13-9-8-10-14(12-13)17-3/h8-10,12,15-16H,4-7,11H2,1-3H3. The zero-order valence-corrected chi connectivity index (χ0v) is 11.3. The Morgan fingerprint density at radius 3 is 2.71 bits per heavy atom. The molecular formula is C15H25NO. The van der Waals surface area contributed by atoms with Gasteiger partial charge in [-0.05, 0) is 30.7 Å². The van der Waals surface area contributed by atoms with Crippen molar-refractivity contribution < 1.29 is 4.74 Å². The van der Waals surface area contributed by atoms with Gasteiger partial charge >= 0.3 is 0 Å². The van der Waals surface area contributed by atoms with E-state index in [-0.39, 0.29) is 0 Å². The lowest BCUT2D eigenvalue weighted by molar-refractivity contribution is 0.412. The molecule has 0 bridgehead atoms. The summed E-state index contributed by atoms with van der Waals surface area (Å²) >= 11 is 0. The lowest BCUT2D eigenvalue weighted by atomic mass is 10.00. The molecule has 1 N–H and O–H groups in total. The number of rotatable bonds is 8. The molecule has 2 nitrogen and oxygen atoms in total. The van der Waals surface area contributed by atoms with Crippen LogP contribution >= 0.6 is 0 Å². The van der Waals surface area contributed by atoms with Crippen LogP contribution in [0.25, 0.3) is 0 Å². The predicted octanol–water partition coefficient (Wildman–Crippen LogP) is 3.93. The van der Waals surface area contributed by atoms with E-state index in [4.69, 9.17) is 4.74 Å². The molecule has 0 radical (unpaired) electrons. The molecule has 0 amide bonds. The van der Waals surface area contributed by atoms with E-state index in [2.05, 4.69) is 37.4 Å². The van der Waals surface area contributed by atoms with Crippen LogP contribution in [0.2, 0.25) is 0 Å². The van der Waals surface area contributed by atoms with Crippen molar-refractivity contribution in [1.29, 1.82) is 0 Å². The Hall–Kier alpha value is -1.02. The first-order valence-electron chi connectivity index (χ1n) is 6.69. The summed E-state index contributed by atoms with van der Waals surface area (Å²) < 4.78 is 5.28. The minimum atomic E-state index is 0.460. The van der Waals surface area contributed by atoms with Crippen LogP contribution in [0.4, 0.5) is 0 Å². The Balaban J connectivity index is 2.66. The van der Waals surface area contributed by atoms with E-state index in [1.807, 2.05) is 6.07 Å². The highest BCUT2D eigenvalue weighted by atomic mass is 16.5. The SMILES string of the molecule is CCCCCC(NCC)c1cccc(OC)c1. The van der Waals surface area contributed by atoms with Crippen molar-refractivity contribution in [3.8, 4) is 5.75 Å². The second-order valence-electron chi connectivity index (χ2n) is 4.38. The molecule has 1 aromatic carbocycles. The summed E-state index contributed by atoms with van der Waals surface area (Å²) in [6, 6.07) is 8.85. The average Bonchev–Trinajstić information content (AvgIpc) is 2.38. The van der Waals surface area contributed by atoms with Gasteiger partial charge in [0, 0.05) is 6.04 Å². The third-order valence-electron chi connectivity index (χ3n) is 3.04. The fourth-order valence-corrected chi connectivity index (χ4v) is 2.09. The van der Waals surface area contributed by atoms with Crippen LogP contribution in [-0.2, 0) is 0 Å². The molecule has 0 aliphatic carbocycles. The van der Waals surface area contributed by atoms with Crippen LogP contribution in [0.1, 0.15) is 51.1 Å². The van der Waals surface area contributed by atoms with Crippen LogP contribution in [0.5, 0.6) is 5.75 Å². The molecular weight excluding hydrogens is 210 g/mol. The van der Waals surface area contributed by atoms with Gasteiger partial charge in [0.25, 0.3) is 0 Å². The largest absolute Gasteiger partial charge is 0.497 e. The number of hydrogen-bond acceptors (Lipinski definition) is 2. The molecule has 1 atom stereocenters. The van der Waals surface area contributed by atoms with Crippen molar-refractivity contribution in [3.63, 3.8) is 0 Å². The average molecular weight is 235 g/mol. The van der Waals surface area contributed by atoms with Crippen molar-refractivity contribution in [2.75, 3.05) is 13.7 Å². The topological polar surface area (TPSA) is 21.3 Å². The normalized spacial score (nSPS) is 12.4. The molecule has 0 aliphatic heterocycles. The lowest BCUT2D eigenvalue weighted by Gasteiger charge is -2.18. The van der Waals surface area contributed by atoms with Crippen molar-refractivity contribution >= 4 is 0 Å². The van der Waals surface area contributed by atoms with Gasteiger partial charge in [0.15, 0.2) is 0 Å². The van der Waals surface area contributed by atoms with E-state index in [0.717, 1.165) is 12.3 Å². The van der Waals surface area contributed by atoms with Crippen molar-refractivity contribution in [2.45, 2.75) is 45.6 Å². The molecule has 0 aliphatic rings.